The van der Waals surface area contributed by atoms with Gasteiger partial charge in [0.2, 0.25) is 5.78 Å². The molecule has 1 amide bonds. The molecule has 1 fully saturated rings. The third-order valence-electron chi connectivity index (χ3n) is 4.71. The fraction of sp³-hybridized carbons (Fsp3) is 0.333. The number of pyridine rings is 1. The number of aliphatic hydroxyl groups excluding tert-OH is 1. The van der Waals surface area contributed by atoms with E-state index < -0.39 is 0 Å². The lowest BCUT2D eigenvalue weighted by atomic mass is 9.75. The third-order valence-corrected chi connectivity index (χ3v) is 4.71. The summed E-state index contributed by atoms with van der Waals surface area (Å²) in [7, 11) is 0. The number of hydrogen-bond donors (Lipinski definition) is 2. The van der Waals surface area contributed by atoms with E-state index in [0.717, 1.165) is 5.56 Å². The van der Waals surface area contributed by atoms with Gasteiger partial charge in [-0.05, 0) is 48.9 Å². The Morgan fingerprint density at radius 2 is 2.12 bits per heavy atom. The Bertz CT molecular complexity index is 840. The molecule has 0 radical (unpaired) electrons. The fourth-order valence-electron chi connectivity index (χ4n) is 3.25. The van der Waals surface area contributed by atoms with Crippen LogP contribution in [-0.4, -0.2) is 42.5 Å². The van der Waals surface area contributed by atoms with Crippen LogP contribution in [-0.2, 0) is 6.42 Å². The van der Waals surface area contributed by atoms with E-state index in [2.05, 4.69) is 20.3 Å². The highest BCUT2D eigenvalue weighted by atomic mass is 16.3. The van der Waals surface area contributed by atoms with E-state index in [1.807, 2.05) is 18.3 Å². The number of aromatic nitrogens is 4. The van der Waals surface area contributed by atoms with Crippen LogP contribution in [0.25, 0.3) is 5.78 Å². The van der Waals surface area contributed by atoms with E-state index in [1.165, 1.54) is 0 Å². The molecule has 128 valence electrons. The van der Waals surface area contributed by atoms with Crippen molar-refractivity contribution in [1.29, 1.82) is 0 Å². The van der Waals surface area contributed by atoms with Crippen LogP contribution >= 0.6 is 0 Å². The van der Waals surface area contributed by atoms with Gasteiger partial charge in [-0.1, -0.05) is 0 Å². The Balaban J connectivity index is 1.51. The summed E-state index contributed by atoms with van der Waals surface area (Å²) < 4.78 is 1.72. The minimum atomic E-state index is -0.263. The topological polar surface area (TPSA) is 92.4 Å². The van der Waals surface area contributed by atoms with Crippen LogP contribution in [0.1, 0.15) is 28.9 Å². The van der Waals surface area contributed by atoms with E-state index in [9.17, 15) is 9.90 Å². The lowest BCUT2D eigenvalue weighted by Crippen LogP contribution is -2.48. The van der Waals surface area contributed by atoms with Crippen molar-refractivity contribution >= 4 is 11.7 Å². The van der Waals surface area contributed by atoms with E-state index in [4.69, 9.17) is 0 Å². The summed E-state index contributed by atoms with van der Waals surface area (Å²) in [6.45, 7) is 0. The molecule has 1 aliphatic rings. The molecule has 1 saturated carbocycles. The predicted molar refractivity (Wildman–Crippen MR) is 90.9 cm³/mol. The summed E-state index contributed by atoms with van der Waals surface area (Å²) in [5.41, 5.74) is 1.46. The standard InChI is InChI=1S/C18H19N5O2/c24-14-9-13(10-14)15(8-12-2-5-19-6-3-12)21-17(25)16-11-23-7-1-4-20-18(23)22-16/h1-7,11,13-15,24H,8-10H2,(H,21,25)/t13?,14?,15-/m1/s1. The van der Waals surface area contributed by atoms with Gasteiger partial charge in [0.15, 0.2) is 0 Å². The van der Waals surface area contributed by atoms with E-state index in [0.29, 0.717) is 30.7 Å². The number of hydrogen-bond acceptors (Lipinski definition) is 5. The Morgan fingerprint density at radius 3 is 2.84 bits per heavy atom. The number of fused-ring (bicyclic) bond motifs is 1. The molecule has 0 saturated heterocycles. The van der Waals surface area contributed by atoms with Gasteiger partial charge in [-0.25, -0.2) is 9.97 Å². The third kappa shape index (κ3) is 3.36. The highest BCUT2D eigenvalue weighted by Crippen LogP contribution is 2.31. The Kier molecular flexibility index (Phi) is 4.15. The van der Waals surface area contributed by atoms with Crippen molar-refractivity contribution in [1.82, 2.24) is 24.7 Å². The predicted octanol–water partition coefficient (Wildman–Crippen LogP) is 1.24. The molecule has 3 aromatic rings. The lowest BCUT2D eigenvalue weighted by Gasteiger charge is -2.38. The molecule has 7 nitrogen and oxygen atoms in total. The first kappa shape index (κ1) is 15.7. The minimum Gasteiger partial charge on any atom is -0.393 e. The molecule has 25 heavy (non-hydrogen) atoms. The van der Waals surface area contributed by atoms with Crippen molar-refractivity contribution in [3.05, 3.63) is 60.4 Å². The van der Waals surface area contributed by atoms with Crippen molar-refractivity contribution in [3.8, 4) is 0 Å². The highest BCUT2D eigenvalue weighted by Gasteiger charge is 2.35. The zero-order valence-electron chi connectivity index (χ0n) is 13.6. The fourth-order valence-corrected chi connectivity index (χ4v) is 3.25. The number of imidazole rings is 1. The highest BCUT2D eigenvalue weighted by molar-refractivity contribution is 5.93. The zero-order chi connectivity index (χ0) is 17.2. The molecule has 1 aliphatic carbocycles. The number of carbonyl (C=O) groups excluding carboxylic acids is 1. The monoisotopic (exact) mass is 337 g/mol. The summed E-state index contributed by atoms with van der Waals surface area (Å²) in [6.07, 6.45) is 10.5. The molecular formula is C18H19N5O2. The van der Waals surface area contributed by atoms with Crippen LogP contribution < -0.4 is 5.32 Å². The second-order valence-corrected chi connectivity index (χ2v) is 6.48. The molecule has 1 atom stereocenters. The minimum absolute atomic E-state index is 0.0453. The maximum Gasteiger partial charge on any atom is 0.271 e. The molecule has 0 aliphatic heterocycles. The van der Waals surface area contributed by atoms with Gasteiger partial charge in [0.25, 0.3) is 5.91 Å². The molecule has 4 rings (SSSR count). The smallest absolute Gasteiger partial charge is 0.271 e. The molecule has 7 heteroatoms. The van der Waals surface area contributed by atoms with Gasteiger partial charge in [0.1, 0.15) is 5.69 Å². The molecule has 0 unspecified atom stereocenters. The normalized spacial score (nSPS) is 20.8. The van der Waals surface area contributed by atoms with Gasteiger partial charge in [0, 0.05) is 37.0 Å². The Hall–Kier alpha value is -2.80. The van der Waals surface area contributed by atoms with Crippen LogP contribution in [0.4, 0.5) is 0 Å². The SMILES string of the molecule is O=C(N[C@H](Cc1ccncc1)C1CC(O)C1)c1cn2cccnc2n1. The molecule has 3 heterocycles. The van der Waals surface area contributed by atoms with Crippen LogP contribution in [0, 0.1) is 5.92 Å². The first-order chi connectivity index (χ1) is 12.2. The van der Waals surface area contributed by atoms with Crippen LogP contribution in [0.5, 0.6) is 0 Å². The van der Waals surface area contributed by atoms with Gasteiger partial charge in [-0.3, -0.25) is 14.2 Å². The molecule has 0 aromatic carbocycles. The largest absolute Gasteiger partial charge is 0.393 e. The van der Waals surface area contributed by atoms with Crippen molar-refractivity contribution in [3.63, 3.8) is 0 Å². The maximum atomic E-state index is 12.7. The van der Waals surface area contributed by atoms with Gasteiger partial charge in [-0.15, -0.1) is 0 Å². The molecular weight excluding hydrogens is 318 g/mol. The maximum absolute atomic E-state index is 12.7. The van der Waals surface area contributed by atoms with Crippen molar-refractivity contribution in [2.45, 2.75) is 31.4 Å². The second kappa shape index (κ2) is 6.60. The summed E-state index contributed by atoms with van der Waals surface area (Å²) in [5, 5.41) is 12.7. The summed E-state index contributed by atoms with van der Waals surface area (Å²) in [6, 6.07) is 5.64. The van der Waals surface area contributed by atoms with Gasteiger partial charge in [0.05, 0.1) is 6.10 Å². The van der Waals surface area contributed by atoms with Gasteiger partial charge >= 0.3 is 0 Å². The summed E-state index contributed by atoms with van der Waals surface area (Å²) in [4.78, 5) is 25.1. The molecule has 0 spiro atoms. The zero-order valence-corrected chi connectivity index (χ0v) is 13.6. The van der Waals surface area contributed by atoms with Crippen molar-refractivity contribution in [2.24, 2.45) is 5.92 Å². The van der Waals surface area contributed by atoms with Crippen LogP contribution in [0.2, 0.25) is 0 Å². The second-order valence-electron chi connectivity index (χ2n) is 6.48. The average Bonchev–Trinajstić information content (AvgIpc) is 3.04. The van der Waals surface area contributed by atoms with Gasteiger partial charge in [-0.2, -0.15) is 0 Å². The number of nitrogens with zero attached hydrogens (tertiary/aromatic N) is 4. The van der Waals surface area contributed by atoms with Crippen LogP contribution in [0.3, 0.4) is 0 Å². The molecule has 0 bridgehead atoms. The van der Waals surface area contributed by atoms with Crippen molar-refractivity contribution in [2.75, 3.05) is 0 Å². The van der Waals surface area contributed by atoms with Crippen molar-refractivity contribution < 1.29 is 9.90 Å². The van der Waals surface area contributed by atoms with E-state index in [-0.39, 0.29) is 24.0 Å². The Labute approximate surface area is 144 Å². The average molecular weight is 337 g/mol. The number of aliphatic hydroxyl groups is 1. The number of nitrogens with one attached hydrogen (secondary N) is 1. The van der Waals surface area contributed by atoms with E-state index in [1.54, 1.807) is 35.3 Å². The first-order valence-corrected chi connectivity index (χ1v) is 8.36. The Morgan fingerprint density at radius 1 is 1.32 bits per heavy atom. The van der Waals surface area contributed by atoms with E-state index >= 15 is 0 Å². The number of amides is 1. The molecule has 2 N–H and O–H groups in total. The number of carbonyl (C=O) groups is 1. The quantitative estimate of drug-likeness (QED) is 0.731. The summed E-state index contributed by atoms with van der Waals surface area (Å²) in [5.74, 6) is 0.547. The molecule has 3 aromatic heterocycles. The van der Waals surface area contributed by atoms with Gasteiger partial charge < -0.3 is 10.4 Å². The lowest BCUT2D eigenvalue weighted by molar-refractivity contribution is 0.0239. The first-order valence-electron chi connectivity index (χ1n) is 8.36. The number of rotatable bonds is 5. The summed E-state index contributed by atoms with van der Waals surface area (Å²) >= 11 is 0. The van der Waals surface area contributed by atoms with Crippen LogP contribution in [0.15, 0.2) is 49.2 Å².